The summed E-state index contributed by atoms with van der Waals surface area (Å²) in [6.07, 6.45) is 2.47. The maximum atomic E-state index is 13.6. The molecule has 0 spiro atoms. The number of benzene rings is 2. The molecule has 0 N–H and O–H groups in total. The third-order valence-electron chi connectivity index (χ3n) is 6.38. The molecule has 1 aromatic heterocycles. The molecule has 164 valence electrons. The van der Waals surface area contributed by atoms with E-state index in [2.05, 4.69) is 49.9 Å². The highest BCUT2D eigenvalue weighted by atomic mass is 19.1. The standard InChI is InChI=1S/C26H32FN3O/c1-18(2)20-7-11-23(12-8-20)30-26(21-5-9-22(27)10-6-21)19(3)25(28-30)17-29-15-13-24(31-4)14-16-29/h5-12,18,24H,13-17H2,1-4H3. The Balaban J connectivity index is 1.70. The average molecular weight is 422 g/mol. The molecule has 31 heavy (non-hydrogen) atoms. The van der Waals surface area contributed by atoms with Gasteiger partial charge in [0.1, 0.15) is 5.82 Å². The van der Waals surface area contributed by atoms with E-state index in [1.54, 1.807) is 7.11 Å². The van der Waals surface area contributed by atoms with E-state index >= 15 is 0 Å². The number of rotatable bonds is 6. The van der Waals surface area contributed by atoms with Gasteiger partial charge < -0.3 is 4.74 Å². The molecule has 4 nitrogen and oxygen atoms in total. The molecule has 0 unspecified atom stereocenters. The molecule has 1 aliphatic heterocycles. The molecule has 0 atom stereocenters. The van der Waals surface area contributed by atoms with Gasteiger partial charge in [-0.2, -0.15) is 5.10 Å². The number of methoxy groups -OCH3 is 1. The van der Waals surface area contributed by atoms with Crippen LogP contribution in [0.4, 0.5) is 4.39 Å². The summed E-state index contributed by atoms with van der Waals surface area (Å²) in [6, 6.07) is 15.3. The lowest BCUT2D eigenvalue weighted by molar-refractivity contribution is 0.0384. The number of aromatic nitrogens is 2. The van der Waals surface area contributed by atoms with Gasteiger partial charge in [-0.3, -0.25) is 4.90 Å². The van der Waals surface area contributed by atoms with Crippen LogP contribution in [0.5, 0.6) is 0 Å². The highest BCUT2D eigenvalue weighted by molar-refractivity contribution is 5.67. The van der Waals surface area contributed by atoms with Crippen molar-refractivity contribution >= 4 is 0 Å². The van der Waals surface area contributed by atoms with Gasteiger partial charge in [-0.1, -0.05) is 26.0 Å². The van der Waals surface area contributed by atoms with E-state index in [1.807, 2.05) is 16.8 Å². The SMILES string of the molecule is COC1CCN(Cc2nn(-c3ccc(C(C)C)cc3)c(-c3ccc(F)cc3)c2C)CC1. The van der Waals surface area contributed by atoms with E-state index in [0.29, 0.717) is 12.0 Å². The van der Waals surface area contributed by atoms with Crippen LogP contribution in [0.25, 0.3) is 16.9 Å². The molecule has 5 heteroatoms. The summed E-state index contributed by atoms with van der Waals surface area (Å²) in [5.41, 5.74) is 6.55. The summed E-state index contributed by atoms with van der Waals surface area (Å²) >= 11 is 0. The van der Waals surface area contributed by atoms with Crippen molar-refractivity contribution in [1.29, 1.82) is 0 Å². The van der Waals surface area contributed by atoms with E-state index in [-0.39, 0.29) is 5.82 Å². The van der Waals surface area contributed by atoms with Crippen LogP contribution in [0.1, 0.15) is 49.4 Å². The Kier molecular flexibility index (Phi) is 6.54. The Hall–Kier alpha value is -2.50. The minimum atomic E-state index is -0.227. The van der Waals surface area contributed by atoms with Gasteiger partial charge in [-0.15, -0.1) is 0 Å². The van der Waals surface area contributed by atoms with Crippen LogP contribution in [0.2, 0.25) is 0 Å². The van der Waals surface area contributed by atoms with Crippen molar-refractivity contribution in [2.45, 2.75) is 52.2 Å². The molecule has 0 saturated carbocycles. The van der Waals surface area contributed by atoms with Crippen molar-refractivity contribution in [1.82, 2.24) is 14.7 Å². The first kappa shape index (κ1) is 21.7. The fraction of sp³-hybridized carbons (Fsp3) is 0.423. The third kappa shape index (κ3) is 4.73. The summed E-state index contributed by atoms with van der Waals surface area (Å²) in [5, 5.41) is 5.04. The number of piperidine rings is 1. The Labute approximate surface area is 184 Å². The van der Waals surface area contributed by atoms with Gasteiger partial charge in [0.2, 0.25) is 0 Å². The first-order chi connectivity index (χ1) is 15.0. The van der Waals surface area contributed by atoms with E-state index < -0.39 is 0 Å². The second kappa shape index (κ2) is 9.33. The maximum absolute atomic E-state index is 13.6. The molecule has 3 aromatic rings. The zero-order valence-electron chi connectivity index (χ0n) is 18.9. The predicted octanol–water partition coefficient (Wildman–Crippen LogP) is 5.72. The molecule has 2 heterocycles. The number of hydrogen-bond acceptors (Lipinski definition) is 3. The second-order valence-corrected chi connectivity index (χ2v) is 8.80. The molecule has 1 fully saturated rings. The minimum absolute atomic E-state index is 0.227. The quantitative estimate of drug-likeness (QED) is 0.510. The lowest BCUT2D eigenvalue weighted by atomic mass is 10.0. The van der Waals surface area contributed by atoms with Gasteiger partial charge in [-0.05, 0) is 73.2 Å². The third-order valence-corrected chi connectivity index (χ3v) is 6.38. The van der Waals surface area contributed by atoms with Crippen molar-refractivity contribution in [2.75, 3.05) is 20.2 Å². The smallest absolute Gasteiger partial charge is 0.123 e. The van der Waals surface area contributed by atoms with Crippen LogP contribution in [0, 0.1) is 12.7 Å². The number of hydrogen-bond donors (Lipinski definition) is 0. The lowest BCUT2D eigenvalue weighted by Gasteiger charge is -2.30. The van der Waals surface area contributed by atoms with Crippen LogP contribution < -0.4 is 0 Å². The number of ether oxygens (including phenoxy) is 1. The Morgan fingerprint density at radius 1 is 1.03 bits per heavy atom. The van der Waals surface area contributed by atoms with Crippen LogP contribution in [-0.2, 0) is 11.3 Å². The summed E-state index contributed by atoms with van der Waals surface area (Å²) in [5.74, 6) is 0.255. The van der Waals surface area contributed by atoms with Gasteiger partial charge in [0.25, 0.3) is 0 Å². The second-order valence-electron chi connectivity index (χ2n) is 8.80. The highest BCUT2D eigenvalue weighted by Gasteiger charge is 2.23. The summed E-state index contributed by atoms with van der Waals surface area (Å²) in [7, 11) is 1.80. The first-order valence-electron chi connectivity index (χ1n) is 11.2. The van der Waals surface area contributed by atoms with Crippen molar-refractivity contribution < 1.29 is 9.13 Å². The zero-order valence-corrected chi connectivity index (χ0v) is 18.9. The first-order valence-corrected chi connectivity index (χ1v) is 11.2. The van der Waals surface area contributed by atoms with Crippen molar-refractivity contribution in [3.05, 3.63) is 71.2 Å². The van der Waals surface area contributed by atoms with E-state index in [4.69, 9.17) is 9.84 Å². The van der Waals surface area contributed by atoms with E-state index in [9.17, 15) is 4.39 Å². The molecule has 1 saturated heterocycles. The van der Waals surface area contributed by atoms with Gasteiger partial charge in [0.05, 0.1) is 23.2 Å². The van der Waals surface area contributed by atoms with E-state index in [0.717, 1.165) is 60.7 Å². The molecule has 1 aliphatic rings. The van der Waals surface area contributed by atoms with Crippen LogP contribution in [0.15, 0.2) is 48.5 Å². The normalized spacial score (nSPS) is 15.7. The van der Waals surface area contributed by atoms with Gasteiger partial charge in [0.15, 0.2) is 0 Å². The molecule has 0 amide bonds. The van der Waals surface area contributed by atoms with Gasteiger partial charge in [-0.25, -0.2) is 9.07 Å². The largest absolute Gasteiger partial charge is 0.381 e. The van der Waals surface area contributed by atoms with Gasteiger partial charge >= 0.3 is 0 Å². The highest BCUT2D eigenvalue weighted by Crippen LogP contribution is 2.30. The van der Waals surface area contributed by atoms with Crippen LogP contribution >= 0.6 is 0 Å². The monoisotopic (exact) mass is 421 g/mol. The minimum Gasteiger partial charge on any atom is -0.381 e. The van der Waals surface area contributed by atoms with Gasteiger partial charge in [0, 0.05) is 32.3 Å². The summed E-state index contributed by atoms with van der Waals surface area (Å²) in [6.45, 7) is 9.36. The zero-order chi connectivity index (χ0) is 22.0. The van der Waals surface area contributed by atoms with Crippen molar-refractivity contribution in [2.24, 2.45) is 0 Å². The molecule has 2 aromatic carbocycles. The van der Waals surface area contributed by atoms with Crippen LogP contribution in [-0.4, -0.2) is 41.0 Å². The molecule has 0 aliphatic carbocycles. The predicted molar refractivity (Wildman–Crippen MR) is 123 cm³/mol. The molecular formula is C26H32FN3O. The molecule has 4 rings (SSSR count). The number of likely N-dealkylation sites (tertiary alicyclic amines) is 1. The molecular weight excluding hydrogens is 389 g/mol. The van der Waals surface area contributed by atoms with Crippen LogP contribution in [0.3, 0.4) is 0 Å². The molecule has 0 bridgehead atoms. The average Bonchev–Trinajstić information content (AvgIpc) is 3.11. The topological polar surface area (TPSA) is 30.3 Å². The summed E-state index contributed by atoms with van der Waals surface area (Å²) < 4.78 is 21.1. The van der Waals surface area contributed by atoms with E-state index in [1.165, 1.54) is 17.7 Å². The lowest BCUT2D eigenvalue weighted by Crippen LogP contribution is -2.36. The van der Waals surface area contributed by atoms with Crippen molar-refractivity contribution in [3.8, 4) is 16.9 Å². The van der Waals surface area contributed by atoms with Crippen molar-refractivity contribution in [3.63, 3.8) is 0 Å². The Morgan fingerprint density at radius 3 is 2.26 bits per heavy atom. The summed E-state index contributed by atoms with van der Waals surface area (Å²) in [4.78, 5) is 2.45. The maximum Gasteiger partial charge on any atom is 0.123 e. The fourth-order valence-electron chi connectivity index (χ4n) is 4.34. The Bertz CT molecular complexity index is 1000. The number of halogens is 1. The molecule has 0 radical (unpaired) electrons. The number of nitrogens with zero attached hydrogens (tertiary/aromatic N) is 3. The Morgan fingerprint density at radius 2 is 1.68 bits per heavy atom. The fourth-order valence-corrected chi connectivity index (χ4v) is 4.34.